The van der Waals surface area contributed by atoms with Gasteiger partial charge in [-0.3, -0.25) is 9.52 Å². The van der Waals surface area contributed by atoms with E-state index in [1.807, 2.05) is 6.92 Å². The number of para-hydroxylation sites is 1. The number of rotatable bonds is 7. The summed E-state index contributed by atoms with van der Waals surface area (Å²) >= 11 is 6.13. The van der Waals surface area contributed by atoms with Crippen LogP contribution < -0.4 is 14.8 Å². The molecule has 162 valence electrons. The molecule has 0 aliphatic carbocycles. The Balaban J connectivity index is 1.75. The number of hydrogen-bond acceptors (Lipinski definition) is 4. The number of nitrogens with one attached hydrogen (secondary N) is 2. The van der Waals surface area contributed by atoms with Gasteiger partial charge in [0.25, 0.3) is 15.9 Å². The summed E-state index contributed by atoms with van der Waals surface area (Å²) in [6.45, 7) is 3.68. The Kier molecular flexibility index (Phi) is 6.82. The first-order valence-corrected chi connectivity index (χ1v) is 11.2. The minimum Gasteiger partial charge on any atom is -0.490 e. The van der Waals surface area contributed by atoms with E-state index in [2.05, 4.69) is 10.0 Å². The van der Waals surface area contributed by atoms with E-state index in [0.717, 1.165) is 6.07 Å². The molecule has 0 aliphatic heterocycles. The normalized spacial score (nSPS) is 11.1. The van der Waals surface area contributed by atoms with Gasteiger partial charge in [0.05, 0.1) is 22.2 Å². The molecule has 0 fully saturated rings. The molecule has 9 heteroatoms. The van der Waals surface area contributed by atoms with Gasteiger partial charge in [-0.25, -0.2) is 12.8 Å². The van der Waals surface area contributed by atoms with Gasteiger partial charge in [0.2, 0.25) is 0 Å². The van der Waals surface area contributed by atoms with Crippen molar-refractivity contribution in [2.75, 3.05) is 16.6 Å². The number of ether oxygens (including phenoxy) is 1. The molecule has 0 bridgehead atoms. The Bertz CT molecular complexity index is 1210. The van der Waals surface area contributed by atoms with Crippen LogP contribution in [-0.4, -0.2) is 20.9 Å². The molecule has 0 heterocycles. The van der Waals surface area contributed by atoms with Crippen LogP contribution in [0.3, 0.4) is 0 Å². The average molecular weight is 463 g/mol. The number of hydrogen-bond donors (Lipinski definition) is 2. The summed E-state index contributed by atoms with van der Waals surface area (Å²) in [5.41, 5.74) is 1.22. The maximum Gasteiger partial charge on any atom is 0.261 e. The fourth-order valence-electron chi connectivity index (χ4n) is 2.78. The summed E-state index contributed by atoms with van der Waals surface area (Å²) in [5.74, 6) is -0.521. The third-order valence-corrected chi connectivity index (χ3v) is 6.02. The summed E-state index contributed by atoms with van der Waals surface area (Å²) in [6.07, 6.45) is 0. The second-order valence-electron chi connectivity index (χ2n) is 6.60. The van der Waals surface area contributed by atoms with Gasteiger partial charge < -0.3 is 10.1 Å². The summed E-state index contributed by atoms with van der Waals surface area (Å²) in [5, 5.41) is 3.11. The van der Waals surface area contributed by atoms with E-state index in [1.165, 1.54) is 43.3 Å². The van der Waals surface area contributed by atoms with E-state index in [4.69, 9.17) is 16.3 Å². The highest BCUT2D eigenvalue weighted by Gasteiger charge is 2.17. The topological polar surface area (TPSA) is 84.5 Å². The molecular weight excluding hydrogens is 443 g/mol. The quantitative estimate of drug-likeness (QED) is 0.503. The Labute approximate surface area is 185 Å². The first-order valence-electron chi connectivity index (χ1n) is 9.33. The lowest BCUT2D eigenvalue weighted by atomic mass is 10.2. The molecule has 3 rings (SSSR count). The summed E-state index contributed by atoms with van der Waals surface area (Å²) in [6, 6.07) is 14.4. The molecule has 0 aromatic heterocycles. The molecule has 0 saturated heterocycles. The number of amides is 1. The monoisotopic (exact) mass is 462 g/mol. The number of aryl methyl sites for hydroxylation is 1. The lowest BCUT2D eigenvalue weighted by molar-refractivity contribution is 0.102. The maximum absolute atomic E-state index is 13.4. The van der Waals surface area contributed by atoms with E-state index in [0.29, 0.717) is 28.6 Å². The van der Waals surface area contributed by atoms with E-state index in [9.17, 15) is 17.6 Å². The predicted molar refractivity (Wildman–Crippen MR) is 119 cm³/mol. The van der Waals surface area contributed by atoms with E-state index in [1.54, 1.807) is 18.2 Å². The number of carbonyl (C=O) groups is 1. The van der Waals surface area contributed by atoms with E-state index < -0.39 is 21.7 Å². The Morgan fingerprint density at radius 3 is 2.45 bits per heavy atom. The van der Waals surface area contributed by atoms with Gasteiger partial charge >= 0.3 is 0 Å². The second kappa shape index (κ2) is 9.36. The molecule has 0 atom stereocenters. The van der Waals surface area contributed by atoms with Crippen LogP contribution in [0.2, 0.25) is 5.02 Å². The van der Waals surface area contributed by atoms with Crippen molar-refractivity contribution < 1.29 is 22.3 Å². The number of halogens is 2. The summed E-state index contributed by atoms with van der Waals surface area (Å²) in [7, 11) is -3.90. The molecular formula is C22H20ClFN2O4S. The molecule has 1 amide bonds. The molecule has 31 heavy (non-hydrogen) atoms. The number of carbonyl (C=O) groups excluding carboxylic acids is 1. The van der Waals surface area contributed by atoms with Crippen LogP contribution in [0.5, 0.6) is 5.75 Å². The zero-order valence-corrected chi connectivity index (χ0v) is 18.4. The van der Waals surface area contributed by atoms with Crippen molar-refractivity contribution in [1.29, 1.82) is 0 Å². The van der Waals surface area contributed by atoms with Crippen LogP contribution in [0.4, 0.5) is 15.8 Å². The molecule has 0 unspecified atom stereocenters. The van der Waals surface area contributed by atoms with Crippen molar-refractivity contribution in [2.45, 2.75) is 18.7 Å². The van der Waals surface area contributed by atoms with E-state index in [-0.39, 0.29) is 16.1 Å². The Hall–Kier alpha value is -3.10. The fraction of sp³-hybridized carbons (Fsp3) is 0.136. The van der Waals surface area contributed by atoms with Gasteiger partial charge in [-0.1, -0.05) is 17.7 Å². The van der Waals surface area contributed by atoms with Crippen LogP contribution in [0, 0.1) is 12.7 Å². The smallest absolute Gasteiger partial charge is 0.261 e. The van der Waals surface area contributed by atoms with Gasteiger partial charge in [0, 0.05) is 11.3 Å². The fourth-order valence-corrected chi connectivity index (χ4v) is 4.15. The lowest BCUT2D eigenvalue weighted by Crippen LogP contribution is -2.15. The lowest BCUT2D eigenvalue weighted by Gasteiger charge is -2.13. The molecule has 6 nitrogen and oxygen atoms in total. The molecule has 2 N–H and O–H groups in total. The summed E-state index contributed by atoms with van der Waals surface area (Å²) in [4.78, 5) is 12.5. The molecule has 3 aromatic carbocycles. The van der Waals surface area contributed by atoms with Gasteiger partial charge in [0.1, 0.15) is 5.82 Å². The minimum atomic E-state index is -3.90. The average Bonchev–Trinajstić information content (AvgIpc) is 2.72. The maximum atomic E-state index is 13.4. The number of benzene rings is 3. The van der Waals surface area contributed by atoms with Crippen molar-refractivity contribution in [1.82, 2.24) is 0 Å². The van der Waals surface area contributed by atoms with Gasteiger partial charge in [-0.15, -0.1) is 0 Å². The van der Waals surface area contributed by atoms with Crippen molar-refractivity contribution in [2.24, 2.45) is 0 Å². The molecule has 0 radical (unpaired) electrons. The van der Waals surface area contributed by atoms with E-state index >= 15 is 0 Å². The third kappa shape index (κ3) is 5.34. The predicted octanol–water partition coefficient (Wildman–Crippen LogP) is 5.24. The molecule has 0 spiro atoms. The SMILES string of the molecule is CCOc1c(Cl)cccc1NC(=O)c1ccc(NS(=O)(=O)c2ccc(F)c(C)c2)cc1. The van der Waals surface area contributed by atoms with Crippen molar-refractivity contribution in [3.05, 3.63) is 82.6 Å². The highest BCUT2D eigenvalue weighted by Crippen LogP contribution is 2.33. The standard InChI is InChI=1S/C22H20ClFN2O4S/c1-3-30-21-18(23)5-4-6-20(21)25-22(27)15-7-9-16(10-8-15)26-31(28,29)17-11-12-19(24)14(2)13-17/h4-13,26H,3H2,1-2H3,(H,25,27). The van der Waals surface area contributed by atoms with Crippen molar-refractivity contribution in [3.8, 4) is 5.75 Å². The first-order chi connectivity index (χ1) is 14.7. The van der Waals surface area contributed by atoms with Crippen LogP contribution in [0.25, 0.3) is 0 Å². The number of anilines is 2. The minimum absolute atomic E-state index is 0.0578. The van der Waals surface area contributed by atoms with Gasteiger partial charge in [0.15, 0.2) is 5.75 Å². The first kappa shape index (κ1) is 22.6. The highest BCUT2D eigenvalue weighted by atomic mass is 35.5. The highest BCUT2D eigenvalue weighted by molar-refractivity contribution is 7.92. The number of sulfonamides is 1. The van der Waals surface area contributed by atoms with Crippen LogP contribution in [0.1, 0.15) is 22.8 Å². The van der Waals surface area contributed by atoms with Gasteiger partial charge in [-0.2, -0.15) is 0 Å². The Morgan fingerprint density at radius 2 is 1.81 bits per heavy atom. The third-order valence-electron chi connectivity index (χ3n) is 4.34. The van der Waals surface area contributed by atoms with Crippen LogP contribution in [-0.2, 0) is 10.0 Å². The zero-order chi connectivity index (χ0) is 22.6. The van der Waals surface area contributed by atoms with Crippen LogP contribution >= 0.6 is 11.6 Å². The second-order valence-corrected chi connectivity index (χ2v) is 8.69. The van der Waals surface area contributed by atoms with Crippen molar-refractivity contribution >= 4 is 38.9 Å². The largest absolute Gasteiger partial charge is 0.490 e. The molecule has 0 saturated carbocycles. The van der Waals surface area contributed by atoms with Gasteiger partial charge in [-0.05, 0) is 74.0 Å². The molecule has 3 aromatic rings. The Morgan fingerprint density at radius 1 is 1.10 bits per heavy atom. The zero-order valence-electron chi connectivity index (χ0n) is 16.8. The van der Waals surface area contributed by atoms with Crippen molar-refractivity contribution in [3.63, 3.8) is 0 Å². The summed E-state index contributed by atoms with van der Waals surface area (Å²) < 4.78 is 46.3. The molecule has 0 aliphatic rings. The van der Waals surface area contributed by atoms with Crippen LogP contribution in [0.15, 0.2) is 65.6 Å².